The normalized spacial score (nSPS) is 17.2. The molecule has 2 rings (SSSR count). The lowest BCUT2D eigenvalue weighted by Gasteiger charge is -2.31. The number of likely N-dealkylation sites (tertiary alicyclic amines) is 1. The summed E-state index contributed by atoms with van der Waals surface area (Å²) in [6.07, 6.45) is 2.63. The van der Waals surface area contributed by atoms with Crippen LogP contribution in [0, 0.1) is 5.92 Å². The van der Waals surface area contributed by atoms with E-state index in [0.29, 0.717) is 25.0 Å². The van der Waals surface area contributed by atoms with E-state index in [1.165, 1.54) is 31.3 Å². The third kappa shape index (κ3) is 19.4. The predicted molar refractivity (Wildman–Crippen MR) is 242 cm³/mol. The average Bonchev–Trinajstić information content (AvgIpc) is 4.01. The SMILES string of the molecule is CC[C@H](C)[C@H](NC(=O)[C@@H]1CCCN1C(=O)[C@H](Cc1cnc[nH]1)NC(=O)[C@H](C)N)C(=O)N[C@@H](C)C(=O)N[C@@H](CCC(N)=O)C(=O)N[C@@H](CCCCN)C(=O)N[C@@H](CO)C(=O)N[C@@H](CCC(=O)O)C(=O)O. The van der Waals surface area contributed by atoms with Gasteiger partial charge in [-0.15, -0.1) is 0 Å². The van der Waals surface area contributed by atoms with Crippen LogP contribution in [0.2, 0.25) is 0 Å². The molecule has 17 N–H and O–H groups in total. The largest absolute Gasteiger partial charge is 0.481 e. The van der Waals surface area contributed by atoms with Gasteiger partial charge in [0.2, 0.25) is 53.2 Å². The molecule has 1 fully saturated rings. The fraction of sp³-hybridized carbons (Fsp3) is 0.667. The van der Waals surface area contributed by atoms with E-state index < -0.39 is 151 Å². The van der Waals surface area contributed by atoms with Crippen molar-refractivity contribution in [3.05, 3.63) is 18.2 Å². The number of nitrogens with one attached hydrogen (secondary N) is 8. The average molecular weight is 980 g/mol. The lowest BCUT2D eigenvalue weighted by Crippen LogP contribution is -2.60. The van der Waals surface area contributed by atoms with Gasteiger partial charge in [0.05, 0.1) is 19.0 Å². The fourth-order valence-electron chi connectivity index (χ4n) is 7.09. The number of aliphatic hydroxyl groups excluding tert-OH is 1. The molecule has 386 valence electrons. The Labute approximate surface area is 398 Å². The van der Waals surface area contributed by atoms with Crippen LogP contribution < -0.4 is 54.4 Å². The summed E-state index contributed by atoms with van der Waals surface area (Å²) >= 11 is 0. The first-order chi connectivity index (χ1) is 32.5. The van der Waals surface area contributed by atoms with Crippen molar-refractivity contribution in [1.29, 1.82) is 0 Å². The standard InChI is InChI=1S/C42H69N13O14/c1-5-21(2)33(54-39(65)30-10-8-16-55(30)41(67)28(52-34(60)22(3)44)17-24-18-46-20-47-24)40(66)48-23(4)35(61)49-26(11-13-31(45)57)37(63)50-25(9-6-7-15-43)36(62)53-29(19-56)38(64)51-27(42(68)69)12-14-32(58)59/h18,20-23,25-30,33,56H,5-17,19,43-44H2,1-4H3,(H2,45,57)(H,46,47)(H,48,66)(H,49,61)(H,50,63)(H,51,64)(H,52,60)(H,53,62)(H,54,65)(H,58,59)(H,68,69)/t21-,22-,23-,25-,26-,27-,28-,29-,30-,33-/m0/s1. The summed E-state index contributed by atoms with van der Waals surface area (Å²) in [6, 6.07) is -12.1. The van der Waals surface area contributed by atoms with E-state index in [2.05, 4.69) is 47.2 Å². The van der Waals surface area contributed by atoms with E-state index in [9.17, 15) is 63.0 Å². The molecule has 0 saturated carbocycles. The van der Waals surface area contributed by atoms with Crippen molar-refractivity contribution in [2.45, 2.75) is 153 Å². The van der Waals surface area contributed by atoms with Crippen LogP contribution in [0.1, 0.15) is 97.6 Å². The van der Waals surface area contributed by atoms with E-state index in [0.717, 1.165) is 0 Å². The third-order valence-electron chi connectivity index (χ3n) is 11.4. The van der Waals surface area contributed by atoms with E-state index in [1.54, 1.807) is 13.8 Å². The zero-order valence-electron chi connectivity index (χ0n) is 39.3. The van der Waals surface area contributed by atoms with Gasteiger partial charge >= 0.3 is 11.9 Å². The minimum Gasteiger partial charge on any atom is -0.481 e. The number of carboxylic acids is 2. The van der Waals surface area contributed by atoms with E-state index in [4.69, 9.17) is 22.3 Å². The number of unbranched alkanes of at least 4 members (excludes halogenated alkanes) is 1. The lowest BCUT2D eigenvalue weighted by molar-refractivity contribution is -0.144. The molecule has 0 unspecified atom stereocenters. The number of imidazole rings is 1. The number of nitrogens with two attached hydrogens (primary N) is 3. The summed E-state index contributed by atoms with van der Waals surface area (Å²) in [4.78, 5) is 151. The Kier molecular flexibility index (Phi) is 24.7. The first-order valence-corrected chi connectivity index (χ1v) is 22.7. The van der Waals surface area contributed by atoms with Gasteiger partial charge in [-0.05, 0) is 71.3 Å². The third-order valence-corrected chi connectivity index (χ3v) is 11.4. The van der Waals surface area contributed by atoms with Crippen LogP contribution in [0.4, 0.5) is 0 Å². The Morgan fingerprint density at radius 2 is 1.33 bits per heavy atom. The molecule has 9 amide bonds. The Balaban J connectivity index is 2.24. The summed E-state index contributed by atoms with van der Waals surface area (Å²) in [7, 11) is 0. The smallest absolute Gasteiger partial charge is 0.326 e. The number of primary amides is 1. The molecule has 0 spiro atoms. The van der Waals surface area contributed by atoms with Crippen molar-refractivity contribution in [2.75, 3.05) is 19.7 Å². The van der Waals surface area contributed by atoms with Crippen LogP contribution in [0.3, 0.4) is 0 Å². The Hall–Kier alpha value is -6.74. The molecule has 27 nitrogen and oxygen atoms in total. The molecule has 1 aromatic heterocycles. The highest BCUT2D eigenvalue weighted by Crippen LogP contribution is 2.21. The van der Waals surface area contributed by atoms with Crippen molar-refractivity contribution >= 4 is 65.1 Å². The van der Waals surface area contributed by atoms with Gasteiger partial charge in [0.25, 0.3) is 0 Å². The molecule has 1 aliphatic heterocycles. The number of carbonyl (C=O) groups is 11. The van der Waals surface area contributed by atoms with Crippen LogP contribution >= 0.6 is 0 Å². The monoisotopic (exact) mass is 980 g/mol. The van der Waals surface area contributed by atoms with Gasteiger partial charge in [0.1, 0.15) is 48.3 Å². The molecule has 10 atom stereocenters. The second kappa shape index (κ2) is 29.2. The van der Waals surface area contributed by atoms with Crippen LogP contribution in [-0.2, 0) is 59.2 Å². The molecule has 0 bridgehead atoms. The van der Waals surface area contributed by atoms with Crippen molar-refractivity contribution in [3.63, 3.8) is 0 Å². The minimum absolute atomic E-state index is 0.0265. The van der Waals surface area contributed by atoms with Gasteiger partial charge in [-0.2, -0.15) is 0 Å². The van der Waals surface area contributed by atoms with E-state index in [-0.39, 0.29) is 45.2 Å². The highest BCUT2D eigenvalue weighted by molar-refractivity contribution is 5.98. The first-order valence-electron chi connectivity index (χ1n) is 22.7. The van der Waals surface area contributed by atoms with Crippen LogP contribution in [0.25, 0.3) is 0 Å². The summed E-state index contributed by atoms with van der Waals surface area (Å²) in [6.45, 7) is 5.54. The fourth-order valence-corrected chi connectivity index (χ4v) is 7.09. The molecule has 69 heavy (non-hydrogen) atoms. The number of aromatic nitrogens is 2. The number of aliphatic hydroxyl groups is 1. The molecule has 1 aromatic rings. The Bertz CT molecular complexity index is 1950. The van der Waals surface area contributed by atoms with Crippen LogP contribution in [-0.4, -0.2) is 169 Å². The van der Waals surface area contributed by atoms with Crippen LogP contribution in [0.5, 0.6) is 0 Å². The zero-order chi connectivity index (χ0) is 52.0. The number of hydrogen-bond donors (Lipinski definition) is 14. The minimum atomic E-state index is -1.75. The van der Waals surface area contributed by atoms with Gasteiger partial charge in [-0.25, -0.2) is 9.78 Å². The molecule has 27 heteroatoms. The van der Waals surface area contributed by atoms with Crippen molar-refractivity contribution < 1.29 is 68.1 Å². The predicted octanol–water partition coefficient (Wildman–Crippen LogP) is -4.91. The highest BCUT2D eigenvalue weighted by Gasteiger charge is 2.40. The molecule has 0 aromatic carbocycles. The topological polar surface area (TPSA) is 443 Å². The van der Waals surface area contributed by atoms with Gasteiger partial charge in [-0.1, -0.05) is 20.3 Å². The molecule has 2 heterocycles. The number of nitrogens with zero attached hydrogens (tertiary/aromatic N) is 2. The second-order valence-corrected chi connectivity index (χ2v) is 16.9. The van der Waals surface area contributed by atoms with E-state index >= 15 is 0 Å². The number of H-pyrrole nitrogens is 1. The number of aromatic amines is 1. The Morgan fingerprint density at radius 3 is 1.88 bits per heavy atom. The van der Waals surface area contributed by atoms with Crippen molar-refractivity contribution in [2.24, 2.45) is 23.1 Å². The number of carbonyl (C=O) groups excluding carboxylic acids is 9. The first kappa shape index (κ1) is 58.4. The number of hydrogen-bond acceptors (Lipinski definition) is 15. The molecular formula is C42H69N13O14. The Morgan fingerprint density at radius 1 is 0.754 bits per heavy atom. The molecule has 1 saturated heterocycles. The van der Waals surface area contributed by atoms with Crippen LogP contribution in [0.15, 0.2) is 12.5 Å². The molecule has 0 aliphatic carbocycles. The van der Waals surface area contributed by atoms with Gasteiger partial charge in [0.15, 0.2) is 0 Å². The molecular weight excluding hydrogens is 911 g/mol. The van der Waals surface area contributed by atoms with Gasteiger partial charge in [-0.3, -0.25) is 47.9 Å². The zero-order valence-corrected chi connectivity index (χ0v) is 39.3. The molecule has 1 aliphatic rings. The number of rotatable bonds is 31. The summed E-state index contributed by atoms with van der Waals surface area (Å²) in [5.74, 6) is -10.9. The quantitative estimate of drug-likeness (QED) is 0.0310. The summed E-state index contributed by atoms with van der Waals surface area (Å²) < 4.78 is 0. The number of aliphatic carboxylic acids is 2. The maximum Gasteiger partial charge on any atom is 0.326 e. The van der Waals surface area contributed by atoms with Crippen molar-refractivity contribution in [1.82, 2.24) is 52.1 Å². The second-order valence-electron chi connectivity index (χ2n) is 16.9. The summed E-state index contributed by atoms with van der Waals surface area (Å²) in [5, 5.41) is 45.4. The van der Waals surface area contributed by atoms with Gasteiger partial charge in [0, 0.05) is 37.7 Å². The maximum absolute atomic E-state index is 13.9. The number of carboxylic acid groups (broad SMARTS) is 2. The van der Waals surface area contributed by atoms with Crippen molar-refractivity contribution in [3.8, 4) is 0 Å². The highest BCUT2D eigenvalue weighted by atomic mass is 16.4. The maximum atomic E-state index is 13.9. The van der Waals surface area contributed by atoms with E-state index in [1.807, 2.05) is 0 Å². The molecule has 0 radical (unpaired) electrons. The lowest BCUT2D eigenvalue weighted by atomic mass is 9.97. The summed E-state index contributed by atoms with van der Waals surface area (Å²) in [5.41, 5.74) is 17.2. The number of amides is 9. The van der Waals surface area contributed by atoms with Gasteiger partial charge < -0.3 is 79.6 Å².